The van der Waals surface area contributed by atoms with Gasteiger partial charge in [-0.2, -0.15) is 5.10 Å². The summed E-state index contributed by atoms with van der Waals surface area (Å²) in [6.07, 6.45) is 0.623. The highest BCUT2D eigenvalue weighted by molar-refractivity contribution is 5.34. The van der Waals surface area contributed by atoms with E-state index in [-0.39, 0.29) is 12.0 Å². The summed E-state index contributed by atoms with van der Waals surface area (Å²) >= 11 is 0. The number of aromatic nitrogens is 2. The van der Waals surface area contributed by atoms with Crippen molar-refractivity contribution >= 4 is 0 Å². The molecule has 0 amide bonds. The molecule has 96 valence electrons. The van der Waals surface area contributed by atoms with E-state index >= 15 is 0 Å². The maximum absolute atomic E-state index is 9.16. The molecule has 0 aliphatic carbocycles. The summed E-state index contributed by atoms with van der Waals surface area (Å²) < 4.78 is 1.93. The molecule has 0 fully saturated rings. The van der Waals surface area contributed by atoms with Crippen molar-refractivity contribution in [2.24, 2.45) is 0 Å². The molecular weight excluding hydrogens is 224 g/mol. The summed E-state index contributed by atoms with van der Waals surface area (Å²) in [6, 6.07) is 12.1. The Morgan fingerprint density at radius 2 is 1.83 bits per heavy atom. The molecule has 0 bridgehead atoms. The van der Waals surface area contributed by atoms with Crippen LogP contribution in [0.1, 0.15) is 32.2 Å². The number of nitrogens with zero attached hydrogens (tertiary/aromatic N) is 2. The average molecular weight is 244 g/mol. The highest BCUT2D eigenvalue weighted by Crippen LogP contribution is 2.23. The Hall–Kier alpha value is -1.61. The summed E-state index contributed by atoms with van der Waals surface area (Å²) in [5, 5.41) is 13.8. The lowest BCUT2D eigenvalue weighted by molar-refractivity contribution is 0.297. The molecule has 3 nitrogen and oxygen atoms in total. The fraction of sp³-hybridized carbons (Fsp3) is 0.400. The van der Waals surface area contributed by atoms with Gasteiger partial charge in [0.15, 0.2) is 0 Å². The summed E-state index contributed by atoms with van der Waals surface area (Å²) in [6.45, 7) is 6.58. The van der Waals surface area contributed by atoms with Crippen molar-refractivity contribution in [3.63, 3.8) is 0 Å². The summed E-state index contributed by atoms with van der Waals surface area (Å²) in [5.41, 5.74) is 3.16. The van der Waals surface area contributed by atoms with Crippen LogP contribution in [0.4, 0.5) is 0 Å². The smallest absolute Gasteiger partial charge is 0.0685 e. The van der Waals surface area contributed by atoms with Gasteiger partial charge < -0.3 is 5.11 Å². The third-order valence-electron chi connectivity index (χ3n) is 2.92. The number of benzene rings is 1. The molecule has 3 heteroatoms. The number of hydrogen-bond donors (Lipinski definition) is 1. The molecule has 0 saturated heterocycles. The highest BCUT2D eigenvalue weighted by Gasteiger charge is 2.20. The fourth-order valence-electron chi connectivity index (χ4n) is 1.87. The van der Waals surface area contributed by atoms with Gasteiger partial charge >= 0.3 is 0 Å². The number of para-hydroxylation sites is 1. The van der Waals surface area contributed by atoms with Crippen LogP contribution >= 0.6 is 0 Å². The van der Waals surface area contributed by atoms with Crippen LogP contribution in [0.5, 0.6) is 0 Å². The van der Waals surface area contributed by atoms with Crippen LogP contribution in [0, 0.1) is 0 Å². The predicted molar refractivity (Wildman–Crippen MR) is 73.1 cm³/mol. The van der Waals surface area contributed by atoms with Crippen molar-refractivity contribution in [2.75, 3.05) is 6.61 Å². The van der Waals surface area contributed by atoms with Gasteiger partial charge in [0.1, 0.15) is 0 Å². The minimum atomic E-state index is 0.0181. The number of hydrogen-bond acceptors (Lipinski definition) is 2. The summed E-state index contributed by atoms with van der Waals surface area (Å²) in [4.78, 5) is 0. The molecule has 2 rings (SSSR count). The fourth-order valence-corrected chi connectivity index (χ4v) is 1.87. The Kier molecular flexibility index (Phi) is 3.53. The molecule has 1 N–H and O–H groups in total. The summed E-state index contributed by atoms with van der Waals surface area (Å²) in [5.74, 6) is 0. The molecule has 0 radical (unpaired) electrons. The van der Waals surface area contributed by atoms with Gasteiger partial charge in [-0.05, 0) is 18.2 Å². The van der Waals surface area contributed by atoms with Gasteiger partial charge in [0, 0.05) is 24.1 Å². The first-order chi connectivity index (χ1) is 8.52. The molecule has 18 heavy (non-hydrogen) atoms. The summed E-state index contributed by atoms with van der Waals surface area (Å²) in [7, 11) is 0. The molecule has 1 heterocycles. The predicted octanol–water partition coefficient (Wildman–Crippen LogP) is 2.70. The van der Waals surface area contributed by atoms with E-state index < -0.39 is 0 Å². The average Bonchev–Trinajstić information content (AvgIpc) is 2.75. The van der Waals surface area contributed by atoms with Gasteiger partial charge in [-0.3, -0.25) is 0 Å². The van der Waals surface area contributed by atoms with E-state index in [1.165, 1.54) is 0 Å². The minimum absolute atomic E-state index is 0.0181. The number of aliphatic hydroxyl groups excluding tert-OH is 1. The topological polar surface area (TPSA) is 38.0 Å². The first-order valence-electron chi connectivity index (χ1n) is 6.28. The lowest BCUT2D eigenvalue weighted by Gasteiger charge is -2.14. The zero-order chi connectivity index (χ0) is 13.2. The highest BCUT2D eigenvalue weighted by atomic mass is 16.3. The standard InChI is InChI=1S/C15H20N2O/c1-15(2,3)14-11-13(9-10-18)17(16-14)12-7-5-4-6-8-12/h4-8,11,18H,9-10H2,1-3H3. The first-order valence-corrected chi connectivity index (χ1v) is 6.28. The molecule has 0 saturated carbocycles. The zero-order valence-electron chi connectivity index (χ0n) is 11.2. The zero-order valence-corrected chi connectivity index (χ0v) is 11.2. The monoisotopic (exact) mass is 244 g/mol. The molecular formula is C15H20N2O. The van der Waals surface area contributed by atoms with E-state index in [1.807, 2.05) is 35.0 Å². The molecule has 0 aliphatic heterocycles. The second kappa shape index (κ2) is 4.94. The van der Waals surface area contributed by atoms with E-state index in [0.29, 0.717) is 6.42 Å². The van der Waals surface area contributed by atoms with Gasteiger partial charge in [0.2, 0.25) is 0 Å². The maximum Gasteiger partial charge on any atom is 0.0685 e. The third kappa shape index (κ3) is 2.62. The first kappa shape index (κ1) is 12.8. The molecule has 0 aliphatic rings. The van der Waals surface area contributed by atoms with Crippen LogP contribution in [0.25, 0.3) is 5.69 Å². The van der Waals surface area contributed by atoms with Crippen molar-refractivity contribution in [1.29, 1.82) is 0 Å². The van der Waals surface area contributed by atoms with Gasteiger partial charge in [-0.25, -0.2) is 4.68 Å². The van der Waals surface area contributed by atoms with E-state index in [0.717, 1.165) is 17.1 Å². The van der Waals surface area contributed by atoms with Crippen LogP contribution < -0.4 is 0 Å². The van der Waals surface area contributed by atoms with E-state index in [9.17, 15) is 0 Å². The SMILES string of the molecule is CC(C)(C)c1cc(CCO)n(-c2ccccc2)n1. The largest absolute Gasteiger partial charge is 0.396 e. The lowest BCUT2D eigenvalue weighted by Crippen LogP contribution is -2.12. The van der Waals surface area contributed by atoms with Crippen LogP contribution in [0.15, 0.2) is 36.4 Å². The lowest BCUT2D eigenvalue weighted by atomic mass is 9.92. The van der Waals surface area contributed by atoms with Gasteiger partial charge in [-0.1, -0.05) is 39.0 Å². The van der Waals surface area contributed by atoms with Crippen LogP contribution in [0.3, 0.4) is 0 Å². The second-order valence-corrected chi connectivity index (χ2v) is 5.49. The molecule has 1 aromatic carbocycles. The van der Waals surface area contributed by atoms with Crippen molar-refractivity contribution in [1.82, 2.24) is 9.78 Å². The van der Waals surface area contributed by atoms with Crippen molar-refractivity contribution < 1.29 is 5.11 Å². The van der Waals surface area contributed by atoms with E-state index in [2.05, 4.69) is 31.9 Å². The van der Waals surface area contributed by atoms with Gasteiger partial charge in [0.05, 0.1) is 11.4 Å². The normalized spacial score (nSPS) is 11.8. The Morgan fingerprint density at radius 3 is 2.39 bits per heavy atom. The van der Waals surface area contributed by atoms with Crippen molar-refractivity contribution in [3.8, 4) is 5.69 Å². The molecule has 0 unspecified atom stereocenters. The minimum Gasteiger partial charge on any atom is -0.396 e. The van der Waals surface area contributed by atoms with Crippen LogP contribution in [0.2, 0.25) is 0 Å². The third-order valence-corrected chi connectivity index (χ3v) is 2.92. The van der Waals surface area contributed by atoms with Crippen molar-refractivity contribution in [3.05, 3.63) is 47.8 Å². The van der Waals surface area contributed by atoms with E-state index in [1.54, 1.807) is 0 Å². The Labute approximate surface area is 108 Å². The number of aliphatic hydroxyl groups is 1. The van der Waals surface area contributed by atoms with Crippen molar-refractivity contribution in [2.45, 2.75) is 32.6 Å². The second-order valence-electron chi connectivity index (χ2n) is 5.49. The molecule has 0 spiro atoms. The molecule has 2 aromatic rings. The Bertz CT molecular complexity index is 509. The Morgan fingerprint density at radius 1 is 1.17 bits per heavy atom. The Balaban J connectivity index is 2.49. The quantitative estimate of drug-likeness (QED) is 0.901. The van der Waals surface area contributed by atoms with Crippen LogP contribution in [-0.2, 0) is 11.8 Å². The van der Waals surface area contributed by atoms with Crippen LogP contribution in [-0.4, -0.2) is 21.5 Å². The van der Waals surface area contributed by atoms with E-state index in [4.69, 9.17) is 5.11 Å². The molecule has 1 aromatic heterocycles. The number of rotatable bonds is 3. The molecule has 0 atom stereocenters. The van der Waals surface area contributed by atoms with Gasteiger partial charge in [-0.15, -0.1) is 0 Å². The van der Waals surface area contributed by atoms with Gasteiger partial charge in [0.25, 0.3) is 0 Å². The maximum atomic E-state index is 9.16.